The first-order chi connectivity index (χ1) is 4.93. The molecule has 56 valence electrons. The zero-order valence-electron chi connectivity index (χ0n) is 5.78. The Hall–Kier alpha value is -1.13. The molecule has 0 aliphatic rings. The highest BCUT2D eigenvalue weighted by molar-refractivity contribution is 5.30. The van der Waals surface area contributed by atoms with E-state index in [2.05, 4.69) is 10.4 Å². The van der Waals surface area contributed by atoms with Gasteiger partial charge in [-0.25, -0.2) is 10.8 Å². The molecule has 1 rings (SSSR count). The van der Waals surface area contributed by atoms with Gasteiger partial charge in [-0.3, -0.25) is 0 Å². The highest BCUT2D eigenvalue weighted by Crippen LogP contribution is 1.94. The molecule has 0 saturated heterocycles. The SMILES string of the molecule is CO.NNc1ccccn1. The van der Waals surface area contributed by atoms with Gasteiger partial charge < -0.3 is 10.5 Å². The van der Waals surface area contributed by atoms with Gasteiger partial charge in [-0.15, -0.1) is 0 Å². The molecule has 4 heteroatoms. The molecule has 10 heavy (non-hydrogen) atoms. The molecular weight excluding hydrogens is 130 g/mol. The Labute approximate surface area is 59.7 Å². The lowest BCUT2D eigenvalue weighted by Gasteiger charge is -1.92. The van der Waals surface area contributed by atoms with E-state index in [-0.39, 0.29) is 0 Å². The summed E-state index contributed by atoms with van der Waals surface area (Å²) in [5.41, 5.74) is 2.42. The van der Waals surface area contributed by atoms with E-state index in [1.165, 1.54) is 0 Å². The molecule has 1 aromatic heterocycles. The predicted molar refractivity (Wildman–Crippen MR) is 40.2 cm³/mol. The number of pyridine rings is 1. The zero-order chi connectivity index (χ0) is 7.82. The van der Waals surface area contributed by atoms with E-state index in [1.807, 2.05) is 12.1 Å². The summed E-state index contributed by atoms with van der Waals surface area (Å²) in [6.07, 6.45) is 1.68. The molecule has 0 aromatic carbocycles. The number of hydrazine groups is 1. The number of anilines is 1. The Morgan fingerprint density at radius 2 is 2.20 bits per heavy atom. The van der Waals surface area contributed by atoms with E-state index >= 15 is 0 Å². The summed E-state index contributed by atoms with van der Waals surface area (Å²) in [5, 5.41) is 7.00. The van der Waals surface area contributed by atoms with E-state index in [0.717, 1.165) is 7.11 Å². The quantitative estimate of drug-likeness (QED) is 0.379. The van der Waals surface area contributed by atoms with Gasteiger partial charge in [-0.05, 0) is 12.1 Å². The number of nitrogens with two attached hydrogens (primary N) is 1. The number of aliphatic hydroxyl groups is 1. The fraction of sp³-hybridized carbons (Fsp3) is 0.167. The molecule has 0 atom stereocenters. The average Bonchev–Trinajstić information content (AvgIpc) is 2.10. The van der Waals surface area contributed by atoms with Gasteiger partial charge in [-0.1, -0.05) is 6.07 Å². The third-order valence-corrected chi connectivity index (χ3v) is 0.813. The highest BCUT2D eigenvalue weighted by atomic mass is 16.2. The number of nitrogens with zero attached hydrogens (tertiary/aromatic N) is 1. The third kappa shape index (κ3) is 3.01. The minimum Gasteiger partial charge on any atom is -0.400 e. The maximum absolute atomic E-state index is 7.00. The lowest BCUT2D eigenvalue weighted by Crippen LogP contribution is -2.07. The number of aromatic nitrogens is 1. The Morgan fingerprint density at radius 3 is 2.50 bits per heavy atom. The molecule has 0 bridgehead atoms. The fourth-order valence-corrected chi connectivity index (χ4v) is 0.448. The Balaban J connectivity index is 0.000000371. The first-order valence-corrected chi connectivity index (χ1v) is 2.76. The number of hydrogen-bond acceptors (Lipinski definition) is 4. The summed E-state index contributed by atoms with van der Waals surface area (Å²) in [4.78, 5) is 3.86. The average molecular weight is 141 g/mol. The van der Waals surface area contributed by atoms with Gasteiger partial charge in [0.1, 0.15) is 5.82 Å². The number of aliphatic hydroxyl groups excluding tert-OH is 1. The molecule has 4 N–H and O–H groups in total. The van der Waals surface area contributed by atoms with Gasteiger partial charge in [0.25, 0.3) is 0 Å². The van der Waals surface area contributed by atoms with Crippen LogP contribution >= 0.6 is 0 Å². The van der Waals surface area contributed by atoms with Crippen LogP contribution in [-0.4, -0.2) is 17.2 Å². The minimum atomic E-state index is 0.688. The van der Waals surface area contributed by atoms with Crippen molar-refractivity contribution in [3.63, 3.8) is 0 Å². The maximum atomic E-state index is 7.00. The molecule has 0 amide bonds. The van der Waals surface area contributed by atoms with Crippen molar-refractivity contribution in [2.45, 2.75) is 0 Å². The van der Waals surface area contributed by atoms with Crippen LogP contribution in [-0.2, 0) is 0 Å². The highest BCUT2D eigenvalue weighted by Gasteiger charge is 1.79. The molecule has 0 aliphatic carbocycles. The van der Waals surface area contributed by atoms with Crippen LogP contribution in [0.3, 0.4) is 0 Å². The van der Waals surface area contributed by atoms with Crippen LogP contribution in [0.4, 0.5) is 5.82 Å². The van der Waals surface area contributed by atoms with Crippen molar-refractivity contribution in [2.24, 2.45) is 5.84 Å². The standard InChI is InChI=1S/C5H7N3.CH4O/c6-8-5-3-1-2-4-7-5;1-2/h1-4H,6H2,(H,7,8);2H,1H3. The molecule has 0 unspecified atom stereocenters. The summed E-state index contributed by atoms with van der Waals surface area (Å²) in [6, 6.07) is 5.49. The minimum absolute atomic E-state index is 0.688. The van der Waals surface area contributed by atoms with Gasteiger partial charge in [0.05, 0.1) is 0 Å². The predicted octanol–water partition coefficient (Wildman–Crippen LogP) is -0.0243. The van der Waals surface area contributed by atoms with Crippen LogP contribution in [0.25, 0.3) is 0 Å². The molecule has 1 aromatic rings. The van der Waals surface area contributed by atoms with Gasteiger partial charge >= 0.3 is 0 Å². The van der Waals surface area contributed by atoms with E-state index < -0.39 is 0 Å². The van der Waals surface area contributed by atoms with Crippen molar-refractivity contribution < 1.29 is 5.11 Å². The smallest absolute Gasteiger partial charge is 0.139 e. The molecule has 0 spiro atoms. The molecule has 1 heterocycles. The fourth-order valence-electron chi connectivity index (χ4n) is 0.448. The van der Waals surface area contributed by atoms with Crippen LogP contribution in [0.15, 0.2) is 24.4 Å². The number of rotatable bonds is 1. The zero-order valence-corrected chi connectivity index (χ0v) is 5.78. The van der Waals surface area contributed by atoms with Crippen molar-refractivity contribution in [1.82, 2.24) is 4.98 Å². The van der Waals surface area contributed by atoms with Crippen molar-refractivity contribution in [1.29, 1.82) is 0 Å². The van der Waals surface area contributed by atoms with E-state index in [9.17, 15) is 0 Å². The van der Waals surface area contributed by atoms with E-state index in [0.29, 0.717) is 5.82 Å². The number of nitrogen functional groups attached to an aromatic ring is 1. The van der Waals surface area contributed by atoms with Crippen molar-refractivity contribution in [2.75, 3.05) is 12.5 Å². The largest absolute Gasteiger partial charge is 0.400 e. The van der Waals surface area contributed by atoms with Gasteiger partial charge in [-0.2, -0.15) is 0 Å². The van der Waals surface area contributed by atoms with E-state index in [4.69, 9.17) is 10.9 Å². The Kier molecular flexibility index (Phi) is 5.32. The normalized spacial score (nSPS) is 7.50. The Morgan fingerprint density at radius 1 is 1.50 bits per heavy atom. The third-order valence-electron chi connectivity index (χ3n) is 0.813. The van der Waals surface area contributed by atoms with Crippen molar-refractivity contribution >= 4 is 5.82 Å². The van der Waals surface area contributed by atoms with Crippen LogP contribution in [0.5, 0.6) is 0 Å². The summed E-state index contributed by atoms with van der Waals surface area (Å²) in [7, 11) is 1.00. The van der Waals surface area contributed by atoms with Crippen molar-refractivity contribution in [3.8, 4) is 0 Å². The summed E-state index contributed by atoms with van der Waals surface area (Å²) < 4.78 is 0. The first kappa shape index (κ1) is 8.87. The first-order valence-electron chi connectivity index (χ1n) is 2.76. The van der Waals surface area contributed by atoms with Crippen LogP contribution in [0.1, 0.15) is 0 Å². The lowest BCUT2D eigenvalue weighted by atomic mass is 10.5. The molecular formula is C6H11N3O. The van der Waals surface area contributed by atoms with Crippen LogP contribution in [0.2, 0.25) is 0 Å². The number of nitrogens with one attached hydrogen (secondary N) is 1. The molecule has 0 radical (unpaired) electrons. The molecule has 0 saturated carbocycles. The molecule has 4 nitrogen and oxygen atoms in total. The Bertz CT molecular complexity index is 154. The van der Waals surface area contributed by atoms with Gasteiger partial charge in [0.2, 0.25) is 0 Å². The lowest BCUT2D eigenvalue weighted by molar-refractivity contribution is 0.399. The van der Waals surface area contributed by atoms with Crippen molar-refractivity contribution in [3.05, 3.63) is 24.4 Å². The maximum Gasteiger partial charge on any atom is 0.139 e. The molecule has 0 fully saturated rings. The summed E-state index contributed by atoms with van der Waals surface area (Å²) >= 11 is 0. The summed E-state index contributed by atoms with van der Waals surface area (Å²) in [5.74, 6) is 5.72. The number of hydrogen-bond donors (Lipinski definition) is 3. The second kappa shape index (κ2) is 6.00. The van der Waals surface area contributed by atoms with Crippen LogP contribution < -0.4 is 11.3 Å². The topological polar surface area (TPSA) is 71.2 Å². The monoisotopic (exact) mass is 141 g/mol. The van der Waals surface area contributed by atoms with Gasteiger partial charge in [0, 0.05) is 13.3 Å². The second-order valence-electron chi connectivity index (χ2n) is 1.36. The molecule has 0 aliphatic heterocycles. The van der Waals surface area contributed by atoms with Gasteiger partial charge in [0.15, 0.2) is 0 Å². The second-order valence-corrected chi connectivity index (χ2v) is 1.36. The summed E-state index contributed by atoms with van der Waals surface area (Å²) in [6.45, 7) is 0. The van der Waals surface area contributed by atoms with E-state index in [1.54, 1.807) is 12.3 Å². The van der Waals surface area contributed by atoms with Crippen LogP contribution in [0, 0.1) is 0 Å².